The number of ketones is 1. The van der Waals surface area contributed by atoms with Crippen LogP contribution in [0.1, 0.15) is 13.3 Å². The predicted molar refractivity (Wildman–Crippen MR) is 47.6 cm³/mol. The molecule has 0 spiro atoms. The molecule has 1 saturated heterocycles. The zero-order valence-corrected chi connectivity index (χ0v) is 7.22. The number of rotatable bonds is 2. The number of ether oxygens (including phenoxy) is 1. The van der Waals surface area contributed by atoms with Gasteiger partial charge in [-0.05, 0) is 18.6 Å². The van der Waals surface area contributed by atoms with E-state index in [0.717, 1.165) is 12.0 Å². The molecule has 1 aliphatic rings. The van der Waals surface area contributed by atoms with Crippen LogP contribution >= 0.6 is 0 Å². The van der Waals surface area contributed by atoms with E-state index in [-0.39, 0.29) is 5.78 Å². The molecular weight excluding hydrogens is 152 g/mol. The van der Waals surface area contributed by atoms with Crippen molar-refractivity contribution in [1.29, 1.82) is 0 Å². The van der Waals surface area contributed by atoms with E-state index < -0.39 is 0 Å². The lowest BCUT2D eigenvalue weighted by Gasteiger charge is -1.97. The van der Waals surface area contributed by atoms with Gasteiger partial charge in [-0.1, -0.05) is 13.2 Å². The second-order valence-corrected chi connectivity index (χ2v) is 2.77. The molecule has 1 heterocycles. The van der Waals surface area contributed by atoms with Gasteiger partial charge in [0, 0.05) is 12.0 Å². The summed E-state index contributed by atoms with van der Waals surface area (Å²) < 4.78 is 5.13. The van der Waals surface area contributed by atoms with E-state index in [1.807, 2.05) is 0 Å². The van der Waals surface area contributed by atoms with E-state index in [9.17, 15) is 4.79 Å². The minimum Gasteiger partial charge on any atom is -0.494 e. The molecule has 0 saturated carbocycles. The van der Waals surface area contributed by atoms with Crippen LogP contribution in [0.15, 0.2) is 36.1 Å². The van der Waals surface area contributed by atoms with Gasteiger partial charge in [0.25, 0.3) is 0 Å². The molecule has 1 fully saturated rings. The van der Waals surface area contributed by atoms with Gasteiger partial charge in [-0.15, -0.1) is 0 Å². The van der Waals surface area contributed by atoms with Crippen molar-refractivity contribution in [3.05, 3.63) is 36.1 Å². The maximum atomic E-state index is 10.8. The van der Waals surface area contributed by atoms with Crippen LogP contribution in [0, 0.1) is 0 Å². The number of carbonyl (C=O) groups is 1. The number of hydrogen-bond donors (Lipinski definition) is 0. The van der Waals surface area contributed by atoms with Crippen LogP contribution in [0.5, 0.6) is 0 Å². The van der Waals surface area contributed by atoms with Gasteiger partial charge in [-0.25, -0.2) is 0 Å². The Morgan fingerprint density at radius 1 is 1.67 bits per heavy atom. The molecule has 0 N–H and O–H groups in total. The van der Waals surface area contributed by atoms with Crippen molar-refractivity contribution in [3.63, 3.8) is 0 Å². The zero-order chi connectivity index (χ0) is 9.14. The summed E-state index contributed by atoms with van der Waals surface area (Å²) in [6.07, 6.45) is 2.57. The maximum absolute atomic E-state index is 10.8. The minimum absolute atomic E-state index is 0.0119. The Morgan fingerprint density at radius 3 is 2.75 bits per heavy atom. The summed E-state index contributed by atoms with van der Waals surface area (Å²) in [6.45, 7) is 9.50. The second kappa shape index (κ2) is 3.39. The highest BCUT2D eigenvalue weighted by Gasteiger charge is 2.12. The molecule has 0 aliphatic carbocycles. The van der Waals surface area contributed by atoms with Crippen molar-refractivity contribution in [2.75, 3.05) is 6.61 Å². The lowest BCUT2D eigenvalue weighted by Crippen LogP contribution is -1.92. The van der Waals surface area contributed by atoms with Crippen LogP contribution in [-0.4, -0.2) is 12.4 Å². The fraction of sp³-hybridized carbons (Fsp3) is 0.300. The van der Waals surface area contributed by atoms with Crippen molar-refractivity contribution < 1.29 is 9.53 Å². The van der Waals surface area contributed by atoms with Gasteiger partial charge in [-0.2, -0.15) is 0 Å². The van der Waals surface area contributed by atoms with Gasteiger partial charge in [0.1, 0.15) is 5.76 Å². The normalized spacial score (nSPS) is 19.4. The van der Waals surface area contributed by atoms with Crippen LogP contribution < -0.4 is 0 Å². The molecule has 64 valence electrons. The summed E-state index contributed by atoms with van der Waals surface area (Å²) in [5.74, 6) is 0.652. The Bertz CT molecular complexity index is 272. The number of hydrogen-bond acceptors (Lipinski definition) is 2. The van der Waals surface area contributed by atoms with Crippen LogP contribution in [0.2, 0.25) is 0 Å². The van der Waals surface area contributed by atoms with Gasteiger partial charge in [0.2, 0.25) is 0 Å². The van der Waals surface area contributed by atoms with Crippen LogP contribution in [0.3, 0.4) is 0 Å². The van der Waals surface area contributed by atoms with Gasteiger partial charge < -0.3 is 4.74 Å². The Morgan fingerprint density at radius 2 is 2.33 bits per heavy atom. The largest absolute Gasteiger partial charge is 0.494 e. The fourth-order valence-corrected chi connectivity index (χ4v) is 0.981. The minimum atomic E-state index is -0.0119. The molecule has 0 aromatic rings. The van der Waals surface area contributed by atoms with Gasteiger partial charge >= 0.3 is 0 Å². The van der Waals surface area contributed by atoms with Crippen molar-refractivity contribution in [2.45, 2.75) is 13.3 Å². The van der Waals surface area contributed by atoms with E-state index in [2.05, 4.69) is 13.2 Å². The third-order valence-corrected chi connectivity index (χ3v) is 1.81. The predicted octanol–water partition coefficient (Wildman–Crippen LogP) is 1.99. The number of Topliss-reactive ketones (excluding diaryl/α,β-unsaturated/α-hetero) is 1. The third-order valence-electron chi connectivity index (χ3n) is 1.81. The van der Waals surface area contributed by atoms with Gasteiger partial charge in [0.05, 0.1) is 6.61 Å². The molecule has 0 amide bonds. The Labute approximate surface area is 72.2 Å². The molecular formula is C10H12O2. The molecule has 2 nitrogen and oxygen atoms in total. The van der Waals surface area contributed by atoms with Gasteiger partial charge in [-0.3, -0.25) is 4.79 Å². The summed E-state index contributed by atoms with van der Waals surface area (Å²) in [4.78, 5) is 10.8. The lowest BCUT2D eigenvalue weighted by molar-refractivity contribution is -0.113. The smallest absolute Gasteiger partial charge is 0.159 e. The zero-order valence-electron chi connectivity index (χ0n) is 7.22. The number of carbonyl (C=O) groups excluding carboxylic acids is 1. The molecule has 0 aromatic carbocycles. The summed E-state index contributed by atoms with van der Waals surface area (Å²) >= 11 is 0. The summed E-state index contributed by atoms with van der Waals surface area (Å²) in [5, 5.41) is 0. The first-order valence-electron chi connectivity index (χ1n) is 3.83. The molecule has 1 rings (SSSR count). The van der Waals surface area contributed by atoms with Crippen molar-refractivity contribution in [3.8, 4) is 0 Å². The average molecular weight is 164 g/mol. The van der Waals surface area contributed by atoms with Crippen molar-refractivity contribution in [2.24, 2.45) is 0 Å². The molecule has 12 heavy (non-hydrogen) atoms. The fourth-order valence-electron chi connectivity index (χ4n) is 0.981. The summed E-state index contributed by atoms with van der Waals surface area (Å²) in [6, 6.07) is 0. The van der Waals surface area contributed by atoms with E-state index in [0.29, 0.717) is 17.9 Å². The lowest BCUT2D eigenvalue weighted by atomic mass is 10.1. The van der Waals surface area contributed by atoms with E-state index >= 15 is 0 Å². The molecule has 2 heteroatoms. The Hall–Kier alpha value is -1.31. The van der Waals surface area contributed by atoms with Crippen LogP contribution in [-0.2, 0) is 9.53 Å². The molecule has 1 aliphatic heterocycles. The first-order chi connectivity index (χ1) is 5.61. The van der Waals surface area contributed by atoms with E-state index in [4.69, 9.17) is 4.74 Å². The van der Waals surface area contributed by atoms with Crippen LogP contribution in [0.25, 0.3) is 0 Å². The molecule has 0 unspecified atom stereocenters. The third kappa shape index (κ3) is 1.84. The highest BCUT2D eigenvalue weighted by Crippen LogP contribution is 2.22. The summed E-state index contributed by atoms with van der Waals surface area (Å²) in [5.41, 5.74) is 1.49. The van der Waals surface area contributed by atoms with E-state index in [1.54, 1.807) is 6.08 Å². The topological polar surface area (TPSA) is 26.3 Å². The Balaban J connectivity index is 2.74. The molecule has 0 radical (unpaired) electrons. The number of allylic oxidation sites excluding steroid dienone is 3. The van der Waals surface area contributed by atoms with Crippen LogP contribution in [0.4, 0.5) is 0 Å². The SMILES string of the molecule is C=C(/C=C1/CCOC1=C)C(C)=O. The molecule has 0 aromatic heterocycles. The first-order valence-corrected chi connectivity index (χ1v) is 3.83. The van der Waals surface area contributed by atoms with Gasteiger partial charge in [0.15, 0.2) is 5.78 Å². The Kier molecular flexibility index (Phi) is 2.48. The first kappa shape index (κ1) is 8.78. The quantitative estimate of drug-likeness (QED) is 0.583. The molecule has 0 bridgehead atoms. The standard InChI is InChI=1S/C10H12O2/c1-7(8(2)11)6-10-4-5-12-9(10)3/h6H,1,3-5H2,2H3/b10-6-. The molecule has 0 atom stereocenters. The van der Waals surface area contributed by atoms with E-state index in [1.165, 1.54) is 6.92 Å². The van der Waals surface area contributed by atoms with Crippen molar-refractivity contribution in [1.82, 2.24) is 0 Å². The maximum Gasteiger partial charge on any atom is 0.159 e. The highest BCUT2D eigenvalue weighted by molar-refractivity contribution is 5.95. The monoisotopic (exact) mass is 164 g/mol. The second-order valence-electron chi connectivity index (χ2n) is 2.77. The average Bonchev–Trinajstić information content (AvgIpc) is 2.36. The van der Waals surface area contributed by atoms with Crippen molar-refractivity contribution >= 4 is 5.78 Å². The highest BCUT2D eigenvalue weighted by atomic mass is 16.5. The summed E-state index contributed by atoms with van der Waals surface area (Å²) in [7, 11) is 0.